The van der Waals surface area contributed by atoms with E-state index in [1.165, 1.54) is 38.4 Å². The second kappa shape index (κ2) is 11.9. The number of furan rings is 1. The second-order valence-corrected chi connectivity index (χ2v) is 12.6. The van der Waals surface area contributed by atoms with Gasteiger partial charge in [0, 0.05) is 27.5 Å². The lowest BCUT2D eigenvalue weighted by molar-refractivity contribution is 0.669. The predicted molar refractivity (Wildman–Crippen MR) is 215 cm³/mol. The zero-order chi connectivity index (χ0) is 32.9. The van der Waals surface area contributed by atoms with Gasteiger partial charge >= 0.3 is 0 Å². The molecule has 0 aliphatic heterocycles. The molecule has 0 atom stereocenters. The molecule has 0 fully saturated rings. The number of fused-ring (bicyclic) bond motifs is 3. The number of aromatic nitrogens is 3. The van der Waals surface area contributed by atoms with Gasteiger partial charge in [-0.05, 0) is 34.4 Å². The average Bonchev–Trinajstić information content (AvgIpc) is 3.53. The molecule has 48 heavy (non-hydrogen) atoms. The fourth-order valence-electron chi connectivity index (χ4n) is 6.97. The minimum absolute atomic E-state index is 0.607. The van der Waals surface area contributed by atoms with E-state index in [4.69, 9.17) is 19.4 Å². The Kier molecular flexibility index (Phi) is 7.41. The van der Waals surface area contributed by atoms with Gasteiger partial charge in [-0.3, -0.25) is 0 Å². The molecule has 2 heterocycles. The third kappa shape index (κ3) is 4.98. The van der Waals surface area contributed by atoms with E-state index in [-0.39, 0.29) is 0 Å². The van der Waals surface area contributed by atoms with Crippen LogP contribution in [-0.2, 0) is 0 Å². The molecule has 0 aliphatic rings. The number of rotatable bonds is 5. The highest BCUT2D eigenvalue weighted by atomic mass is 16.3. The smallest absolute Gasteiger partial charge is 0.164 e. The van der Waals surface area contributed by atoms with Crippen molar-refractivity contribution in [3.05, 3.63) is 121 Å². The molecule has 0 saturated carbocycles. The van der Waals surface area contributed by atoms with Crippen LogP contribution in [0.3, 0.4) is 0 Å². The Labute approximate surface area is 284 Å². The van der Waals surface area contributed by atoms with Crippen LogP contribution in [0.4, 0.5) is 0 Å². The zero-order valence-corrected chi connectivity index (χ0v) is 27.8. The summed E-state index contributed by atoms with van der Waals surface area (Å²) in [6.45, 7) is 0. The molecule has 222 valence electrons. The van der Waals surface area contributed by atoms with Crippen LogP contribution >= 0.6 is 0 Å². The van der Waals surface area contributed by atoms with Crippen LogP contribution in [0.1, 0.15) is 0 Å². The van der Waals surface area contributed by atoms with Crippen molar-refractivity contribution < 1.29 is 4.42 Å². The van der Waals surface area contributed by atoms with Crippen LogP contribution in [0.15, 0.2) is 126 Å². The summed E-state index contributed by atoms with van der Waals surface area (Å²) in [5.41, 5.74) is 15.9. The van der Waals surface area contributed by atoms with Crippen molar-refractivity contribution in [1.82, 2.24) is 15.0 Å². The average molecular weight is 611 g/mol. The van der Waals surface area contributed by atoms with Gasteiger partial charge in [-0.2, -0.15) is 0 Å². The summed E-state index contributed by atoms with van der Waals surface area (Å²) < 4.78 is 6.43. The Balaban J connectivity index is 1.33. The first kappa shape index (κ1) is 29.8. The number of benzene rings is 6. The molecule has 0 amide bonds. The van der Waals surface area contributed by atoms with Crippen LogP contribution in [0, 0.1) is 0 Å². The van der Waals surface area contributed by atoms with Crippen molar-refractivity contribution in [3.63, 3.8) is 0 Å². The van der Waals surface area contributed by atoms with Crippen molar-refractivity contribution in [3.8, 4) is 56.4 Å². The maximum Gasteiger partial charge on any atom is 0.164 e. The first-order valence-electron chi connectivity index (χ1n) is 16.4. The van der Waals surface area contributed by atoms with Crippen LogP contribution in [0.2, 0.25) is 0 Å². The summed E-state index contributed by atoms with van der Waals surface area (Å²) in [4.78, 5) is 15.3. The van der Waals surface area contributed by atoms with Crippen molar-refractivity contribution in [2.75, 3.05) is 0 Å². The van der Waals surface area contributed by atoms with Gasteiger partial charge in [0.05, 0.1) is 0 Å². The van der Waals surface area contributed by atoms with Gasteiger partial charge in [-0.1, -0.05) is 120 Å². The van der Waals surface area contributed by atoms with E-state index < -0.39 is 0 Å². The van der Waals surface area contributed by atoms with E-state index >= 15 is 0 Å². The molecule has 9 heteroatoms. The highest BCUT2D eigenvalue weighted by molar-refractivity contribution is 6.68. The molecule has 0 N–H and O–H groups in total. The Morgan fingerprint density at radius 1 is 0.354 bits per heavy atom. The first-order valence-corrected chi connectivity index (χ1v) is 16.4. The number of hydrogen-bond acceptors (Lipinski definition) is 4. The van der Waals surface area contributed by atoms with Crippen LogP contribution in [-0.4, -0.2) is 54.2 Å². The monoisotopic (exact) mass is 611 g/mol. The van der Waals surface area contributed by atoms with Crippen molar-refractivity contribution in [1.29, 1.82) is 0 Å². The zero-order valence-electron chi connectivity index (χ0n) is 27.8. The molecule has 0 aliphatic carbocycles. The SMILES string of the molecule is Bc1c(B)c(B)c(-c2ccc(-c3nc(-c4ccccc4)nc(-c4cccc5oc6cccc(-c7ccccc7)c6c45)n3)cc2)c(B)c1B. The van der Waals surface area contributed by atoms with Gasteiger partial charge in [0.15, 0.2) is 17.5 Å². The standard InChI is InChI=1S/C39H30B5N3O/c40-32-29(33(41)35(43)36(44)34(32)42)22-17-19-24(20-18-22)38-45-37(23-11-5-2-6-12-23)46-39(47-38)26-14-8-16-28-31(26)30-25(13-7-15-27(30)48-28)21-9-3-1-4-10-21/h1-20H,40-44H2. The summed E-state index contributed by atoms with van der Waals surface area (Å²) in [7, 11) is 11.1. The minimum Gasteiger partial charge on any atom is -0.456 e. The van der Waals surface area contributed by atoms with E-state index in [9.17, 15) is 0 Å². The van der Waals surface area contributed by atoms with E-state index in [1.54, 1.807) is 0 Å². The highest BCUT2D eigenvalue weighted by Crippen LogP contribution is 2.41. The Morgan fingerprint density at radius 3 is 1.38 bits per heavy atom. The lowest BCUT2D eigenvalue weighted by Gasteiger charge is -2.20. The Bertz CT molecular complexity index is 2470. The Morgan fingerprint density at radius 2 is 0.792 bits per heavy atom. The third-order valence-corrected chi connectivity index (χ3v) is 9.95. The molecule has 0 unspecified atom stereocenters. The van der Waals surface area contributed by atoms with E-state index in [2.05, 4.69) is 99.9 Å². The minimum atomic E-state index is 0.607. The quantitative estimate of drug-likeness (QED) is 0.277. The normalized spacial score (nSPS) is 11.3. The number of nitrogens with zero attached hydrogens (tertiary/aromatic N) is 3. The van der Waals surface area contributed by atoms with E-state index in [1.807, 2.05) is 60.7 Å². The molecule has 0 bridgehead atoms. The van der Waals surface area contributed by atoms with Gasteiger partial charge in [-0.25, -0.2) is 15.0 Å². The fraction of sp³-hybridized carbons (Fsp3) is 0. The molecule has 0 saturated heterocycles. The topological polar surface area (TPSA) is 51.8 Å². The van der Waals surface area contributed by atoms with Crippen LogP contribution < -0.4 is 27.3 Å². The van der Waals surface area contributed by atoms with Gasteiger partial charge in [0.1, 0.15) is 50.4 Å². The van der Waals surface area contributed by atoms with Crippen LogP contribution in [0.5, 0.6) is 0 Å². The predicted octanol–water partition coefficient (Wildman–Crippen LogP) is 1.40. The fourth-order valence-corrected chi connectivity index (χ4v) is 6.97. The summed E-state index contributed by atoms with van der Waals surface area (Å²) in [5, 5.41) is 2.05. The van der Waals surface area contributed by atoms with Gasteiger partial charge in [0.25, 0.3) is 0 Å². The maximum atomic E-state index is 6.43. The molecular weight excluding hydrogens is 581 g/mol. The number of hydrogen-bond donors (Lipinski definition) is 0. The molecule has 0 spiro atoms. The maximum absolute atomic E-state index is 6.43. The molecular formula is C39H30B5N3O. The van der Waals surface area contributed by atoms with Gasteiger partial charge in [0.2, 0.25) is 0 Å². The second-order valence-electron chi connectivity index (χ2n) is 12.6. The van der Waals surface area contributed by atoms with E-state index in [0.717, 1.165) is 49.8 Å². The molecule has 4 nitrogen and oxygen atoms in total. The van der Waals surface area contributed by atoms with Crippen molar-refractivity contribution in [2.45, 2.75) is 0 Å². The Hall–Kier alpha value is -5.55. The third-order valence-electron chi connectivity index (χ3n) is 9.95. The molecule has 8 aromatic rings. The van der Waals surface area contributed by atoms with Gasteiger partial charge in [-0.15, -0.1) is 16.4 Å². The van der Waals surface area contributed by atoms with Crippen LogP contribution in [0.25, 0.3) is 78.4 Å². The molecule has 0 radical (unpaired) electrons. The van der Waals surface area contributed by atoms with E-state index in [0.29, 0.717) is 17.5 Å². The molecule has 8 rings (SSSR count). The van der Waals surface area contributed by atoms with Crippen molar-refractivity contribution >= 4 is 88.5 Å². The molecule has 6 aromatic carbocycles. The lowest BCUT2D eigenvalue weighted by Crippen LogP contribution is -2.55. The summed E-state index contributed by atoms with van der Waals surface area (Å²) in [6, 6.07) is 41.6. The molecule has 2 aromatic heterocycles. The summed E-state index contributed by atoms with van der Waals surface area (Å²) >= 11 is 0. The summed E-state index contributed by atoms with van der Waals surface area (Å²) in [5.74, 6) is 1.86. The first-order chi connectivity index (χ1) is 23.4. The summed E-state index contributed by atoms with van der Waals surface area (Å²) in [6.07, 6.45) is 0. The largest absolute Gasteiger partial charge is 0.456 e. The van der Waals surface area contributed by atoms with Crippen molar-refractivity contribution in [2.24, 2.45) is 0 Å². The lowest BCUT2D eigenvalue weighted by atomic mass is 9.59. The van der Waals surface area contributed by atoms with Gasteiger partial charge < -0.3 is 4.42 Å². The highest BCUT2D eigenvalue weighted by Gasteiger charge is 2.20.